The van der Waals surface area contributed by atoms with Crippen LogP contribution in [0, 0.1) is 12.8 Å². The summed E-state index contributed by atoms with van der Waals surface area (Å²) >= 11 is 0. The van der Waals surface area contributed by atoms with Crippen molar-refractivity contribution in [1.82, 2.24) is 10.2 Å². The molecule has 1 saturated heterocycles. The Labute approximate surface area is 249 Å². The summed E-state index contributed by atoms with van der Waals surface area (Å²) in [5.74, 6) is -0.287. The van der Waals surface area contributed by atoms with Gasteiger partial charge in [-0.1, -0.05) is 17.7 Å². The largest absolute Gasteiger partial charge is 0.508 e. The molecule has 0 bridgehead atoms. The van der Waals surface area contributed by atoms with Gasteiger partial charge in [0.2, 0.25) is 0 Å². The van der Waals surface area contributed by atoms with E-state index in [4.69, 9.17) is 9.47 Å². The van der Waals surface area contributed by atoms with E-state index in [9.17, 15) is 23.1 Å². The van der Waals surface area contributed by atoms with Gasteiger partial charge in [0, 0.05) is 24.6 Å². The Kier molecular flexibility index (Phi) is 8.74. The van der Waals surface area contributed by atoms with Crippen LogP contribution >= 0.6 is 0 Å². The molecule has 0 aliphatic carbocycles. The van der Waals surface area contributed by atoms with E-state index < -0.39 is 45.5 Å². The van der Waals surface area contributed by atoms with Crippen molar-refractivity contribution in [3.05, 3.63) is 53.6 Å². The molecule has 2 aliphatic heterocycles. The number of carbonyl (C=O) groups is 2. The lowest BCUT2D eigenvalue weighted by Gasteiger charge is -2.46. The molecule has 1 fully saturated rings. The number of hydrogen-bond acceptors (Lipinski definition) is 7. The molecule has 2 aliphatic rings. The first-order valence-electron chi connectivity index (χ1n) is 14.4. The molecular weight excluding hydrogens is 558 g/mol. The third-order valence-electron chi connectivity index (χ3n) is 7.36. The second-order valence-corrected chi connectivity index (χ2v) is 14.9. The fraction of sp³-hybridized carbons (Fsp3) is 0.548. The number of nitrogens with zero attached hydrogens (tertiary/aromatic N) is 2. The van der Waals surface area contributed by atoms with Gasteiger partial charge in [0.15, 0.2) is 0 Å². The Morgan fingerprint density at radius 2 is 1.64 bits per heavy atom. The average Bonchev–Trinajstić information content (AvgIpc) is 3.30. The highest BCUT2D eigenvalue weighted by atomic mass is 32.2. The summed E-state index contributed by atoms with van der Waals surface area (Å²) in [6, 6.07) is 10.3. The number of rotatable bonds is 6. The zero-order valence-corrected chi connectivity index (χ0v) is 26.3. The number of carbonyl (C=O) groups excluding carboxylic acids is 2. The lowest BCUT2D eigenvalue weighted by Crippen LogP contribution is -2.51. The first-order chi connectivity index (χ1) is 19.5. The number of ether oxygens (including phenoxy) is 2. The van der Waals surface area contributed by atoms with Crippen LogP contribution in [0.2, 0.25) is 0 Å². The normalized spacial score (nSPS) is 20.5. The number of sulfonamides is 1. The average molecular weight is 602 g/mol. The summed E-state index contributed by atoms with van der Waals surface area (Å²) in [5, 5.41) is 13.2. The molecule has 10 nitrogen and oxygen atoms in total. The van der Waals surface area contributed by atoms with Crippen molar-refractivity contribution < 1.29 is 32.6 Å². The molecule has 0 aromatic heterocycles. The van der Waals surface area contributed by atoms with E-state index in [-0.39, 0.29) is 16.6 Å². The Morgan fingerprint density at radius 1 is 1.00 bits per heavy atom. The number of benzene rings is 2. The number of amides is 2. The topological polar surface area (TPSA) is 125 Å². The van der Waals surface area contributed by atoms with E-state index in [0.29, 0.717) is 43.6 Å². The van der Waals surface area contributed by atoms with Crippen LogP contribution in [-0.4, -0.2) is 60.9 Å². The smallest absolute Gasteiger partial charge is 0.410 e. The van der Waals surface area contributed by atoms with E-state index in [1.165, 1.54) is 10.4 Å². The van der Waals surface area contributed by atoms with E-state index in [1.54, 1.807) is 82.8 Å². The summed E-state index contributed by atoms with van der Waals surface area (Å²) in [6.07, 6.45) is 0.427. The highest BCUT2D eigenvalue weighted by Gasteiger charge is 2.52. The standard InChI is InChI=1S/C31H43N3O7S/c1-20-10-13-22(14-11-20)42(38,39)34-25(9-8-17-32-28(36)40-30(2,3)4)23-16-18-33(29(37)41-31(5,6)7)27(23)24-19-21(35)12-15-26(24)34/h10-15,19,23,25,27,35H,8-9,16-18H2,1-7H3,(H,32,36)/t23-,25-,27-/m0/s1. The summed E-state index contributed by atoms with van der Waals surface area (Å²) in [5.41, 5.74) is 0.562. The number of hydrogen-bond donors (Lipinski definition) is 2. The van der Waals surface area contributed by atoms with Crippen LogP contribution in [0.1, 0.15) is 78.0 Å². The molecular formula is C31H43N3O7S. The molecule has 0 spiro atoms. The molecule has 4 rings (SSSR count). The summed E-state index contributed by atoms with van der Waals surface area (Å²) in [7, 11) is -4.03. The van der Waals surface area contributed by atoms with Gasteiger partial charge in [-0.15, -0.1) is 0 Å². The minimum absolute atomic E-state index is 0.0174. The van der Waals surface area contributed by atoms with Crippen molar-refractivity contribution in [2.75, 3.05) is 17.4 Å². The summed E-state index contributed by atoms with van der Waals surface area (Å²) in [6.45, 7) is 13.3. The number of aromatic hydroxyl groups is 1. The predicted octanol–water partition coefficient (Wildman–Crippen LogP) is 5.88. The number of phenols is 1. The SMILES string of the molecule is Cc1ccc(S(=O)(=O)N2c3ccc(O)cc3[C@@H]3[C@@H](CCN3C(=O)OC(C)(C)C)[C@@H]2CCCNC(=O)OC(C)(C)C)cc1. The minimum Gasteiger partial charge on any atom is -0.508 e. The molecule has 11 heteroatoms. The predicted molar refractivity (Wildman–Crippen MR) is 160 cm³/mol. The van der Waals surface area contributed by atoms with Crippen LogP contribution in [0.3, 0.4) is 0 Å². The molecule has 0 saturated carbocycles. The van der Waals surface area contributed by atoms with Crippen molar-refractivity contribution in [3.63, 3.8) is 0 Å². The van der Waals surface area contributed by atoms with E-state index >= 15 is 0 Å². The van der Waals surface area contributed by atoms with E-state index in [0.717, 1.165) is 5.56 Å². The molecule has 42 heavy (non-hydrogen) atoms. The highest BCUT2D eigenvalue weighted by molar-refractivity contribution is 7.92. The molecule has 3 atom stereocenters. The Hall–Kier alpha value is -3.47. The molecule has 2 N–H and O–H groups in total. The molecule has 2 aromatic rings. The maximum absolute atomic E-state index is 14.3. The van der Waals surface area contributed by atoms with Crippen molar-refractivity contribution in [2.24, 2.45) is 5.92 Å². The zero-order chi connectivity index (χ0) is 31.0. The minimum atomic E-state index is -4.03. The first kappa shape index (κ1) is 31.5. The Morgan fingerprint density at radius 3 is 2.26 bits per heavy atom. The number of aryl methyl sites for hydroxylation is 1. The number of likely N-dealkylation sites (tertiary alicyclic amines) is 1. The van der Waals surface area contributed by atoms with Crippen molar-refractivity contribution in [1.29, 1.82) is 0 Å². The van der Waals surface area contributed by atoms with Gasteiger partial charge in [0.1, 0.15) is 17.0 Å². The fourth-order valence-electron chi connectivity index (χ4n) is 5.75. The molecule has 230 valence electrons. The van der Waals surface area contributed by atoms with Crippen molar-refractivity contribution in [2.45, 2.75) is 95.9 Å². The van der Waals surface area contributed by atoms with Gasteiger partial charge in [-0.25, -0.2) is 18.0 Å². The summed E-state index contributed by atoms with van der Waals surface area (Å²) < 4.78 is 41.1. The second kappa shape index (κ2) is 11.7. The van der Waals surface area contributed by atoms with E-state index in [1.807, 2.05) is 6.92 Å². The van der Waals surface area contributed by atoms with Crippen LogP contribution in [0.25, 0.3) is 0 Å². The maximum atomic E-state index is 14.3. The van der Waals surface area contributed by atoms with Gasteiger partial charge >= 0.3 is 12.2 Å². The molecule has 2 amide bonds. The van der Waals surface area contributed by atoms with Gasteiger partial charge in [0.25, 0.3) is 10.0 Å². The van der Waals surface area contributed by atoms with Crippen LogP contribution < -0.4 is 9.62 Å². The van der Waals surface area contributed by atoms with Crippen molar-refractivity contribution >= 4 is 27.9 Å². The monoisotopic (exact) mass is 601 g/mol. The van der Waals surface area contributed by atoms with Gasteiger partial charge in [-0.2, -0.15) is 0 Å². The van der Waals surface area contributed by atoms with Crippen LogP contribution in [-0.2, 0) is 19.5 Å². The second-order valence-electron chi connectivity index (χ2n) is 13.1. The Balaban J connectivity index is 1.74. The zero-order valence-electron chi connectivity index (χ0n) is 25.5. The molecule has 2 heterocycles. The number of phenolic OH excluding ortho intramolecular Hbond substituents is 1. The quantitative estimate of drug-likeness (QED) is 0.396. The number of nitrogens with one attached hydrogen (secondary N) is 1. The maximum Gasteiger partial charge on any atom is 0.410 e. The van der Waals surface area contributed by atoms with Crippen LogP contribution in [0.5, 0.6) is 5.75 Å². The van der Waals surface area contributed by atoms with Gasteiger partial charge in [0.05, 0.1) is 22.7 Å². The molecule has 0 radical (unpaired) electrons. The number of fused-ring (bicyclic) bond motifs is 3. The van der Waals surface area contributed by atoms with Crippen molar-refractivity contribution in [3.8, 4) is 5.75 Å². The summed E-state index contributed by atoms with van der Waals surface area (Å²) in [4.78, 5) is 27.4. The van der Waals surface area contributed by atoms with Crippen LogP contribution in [0.4, 0.5) is 15.3 Å². The lowest BCUT2D eigenvalue weighted by molar-refractivity contribution is 0.0194. The van der Waals surface area contributed by atoms with Gasteiger partial charge < -0.3 is 24.8 Å². The molecule has 0 unspecified atom stereocenters. The van der Waals surface area contributed by atoms with E-state index in [2.05, 4.69) is 5.32 Å². The molecule has 2 aromatic carbocycles. The third-order valence-corrected chi connectivity index (χ3v) is 9.21. The number of anilines is 1. The lowest BCUT2D eigenvalue weighted by atomic mass is 9.81. The van der Waals surface area contributed by atoms with Gasteiger partial charge in [-0.05, 0) is 98.1 Å². The fourth-order valence-corrected chi connectivity index (χ4v) is 7.50. The Bertz CT molecular complexity index is 1410. The first-order valence-corrected chi connectivity index (χ1v) is 15.8. The number of alkyl carbamates (subject to hydrolysis) is 1. The van der Waals surface area contributed by atoms with Gasteiger partial charge in [-0.3, -0.25) is 4.31 Å². The highest BCUT2D eigenvalue weighted by Crippen LogP contribution is 2.52. The third kappa shape index (κ3) is 6.94. The van der Waals surface area contributed by atoms with Crippen LogP contribution in [0.15, 0.2) is 47.4 Å².